The summed E-state index contributed by atoms with van der Waals surface area (Å²) in [6.45, 7) is 0. The molecule has 1 aliphatic heterocycles. The monoisotopic (exact) mass is 445 g/mol. The lowest BCUT2D eigenvalue weighted by atomic mass is 10.0. The summed E-state index contributed by atoms with van der Waals surface area (Å²) in [6, 6.07) is 16.7. The Labute approximate surface area is 181 Å². The first kappa shape index (κ1) is 19.3. The van der Waals surface area contributed by atoms with Gasteiger partial charge in [-0.05, 0) is 41.3 Å². The van der Waals surface area contributed by atoms with E-state index in [1.165, 1.54) is 16.7 Å². The predicted molar refractivity (Wildman–Crippen MR) is 123 cm³/mol. The maximum Gasteiger partial charge on any atom is 0.270 e. The van der Waals surface area contributed by atoms with E-state index >= 15 is 0 Å². The zero-order chi connectivity index (χ0) is 19.8. The number of fused-ring (bicyclic) bond motifs is 1. The molecule has 0 saturated carbocycles. The van der Waals surface area contributed by atoms with E-state index in [-0.39, 0.29) is 5.91 Å². The van der Waals surface area contributed by atoms with Crippen LogP contribution in [0.5, 0.6) is 5.75 Å². The van der Waals surface area contributed by atoms with Crippen LogP contribution < -0.4 is 9.64 Å². The number of carbonyl (C=O) groups is 1. The van der Waals surface area contributed by atoms with Gasteiger partial charge in [0.1, 0.15) is 5.75 Å². The van der Waals surface area contributed by atoms with E-state index in [1.54, 1.807) is 25.3 Å². The molecular formula is C21H13Cl2NO2S2. The van der Waals surface area contributed by atoms with Crippen molar-refractivity contribution in [3.05, 3.63) is 75.1 Å². The Balaban J connectivity index is 1.77. The number of carbonyl (C=O) groups excluding carboxylic acids is 1. The molecule has 0 aromatic heterocycles. The summed E-state index contributed by atoms with van der Waals surface area (Å²) in [4.78, 5) is 15.0. The van der Waals surface area contributed by atoms with Gasteiger partial charge in [-0.2, -0.15) is 0 Å². The summed E-state index contributed by atoms with van der Waals surface area (Å²) in [5, 5.41) is 2.85. The highest BCUT2D eigenvalue weighted by Crippen LogP contribution is 2.40. The molecule has 3 aromatic carbocycles. The van der Waals surface area contributed by atoms with Gasteiger partial charge in [-0.15, -0.1) is 0 Å². The number of hydrogen-bond acceptors (Lipinski definition) is 4. The predicted octanol–water partition coefficient (Wildman–Crippen LogP) is 6.56. The van der Waals surface area contributed by atoms with Crippen LogP contribution in [0.4, 0.5) is 5.69 Å². The first-order valence-electron chi connectivity index (χ1n) is 8.28. The SMILES string of the molecule is COc1ccc(/C=C2\SC(=S)N(c3ccc(Cl)cc3Cl)C2=O)c2ccccc12. The van der Waals surface area contributed by atoms with Crippen molar-refractivity contribution >= 4 is 79.9 Å². The minimum absolute atomic E-state index is 0.209. The Morgan fingerprint density at radius 1 is 1.07 bits per heavy atom. The molecule has 0 unspecified atom stereocenters. The standard InChI is InChI=1S/C21H13Cl2NO2S2/c1-26-18-9-6-12(14-4-2-3-5-15(14)18)10-19-20(25)24(21(27)28-19)17-8-7-13(22)11-16(17)23/h2-11H,1H3/b19-10-. The highest BCUT2D eigenvalue weighted by molar-refractivity contribution is 8.27. The average Bonchev–Trinajstić information content (AvgIpc) is 2.96. The maximum absolute atomic E-state index is 13.1. The van der Waals surface area contributed by atoms with Gasteiger partial charge in [0.05, 0.1) is 22.7 Å². The van der Waals surface area contributed by atoms with Gasteiger partial charge in [0.15, 0.2) is 4.32 Å². The van der Waals surface area contributed by atoms with E-state index in [4.69, 9.17) is 40.2 Å². The van der Waals surface area contributed by atoms with Gasteiger partial charge in [-0.1, -0.05) is 77.5 Å². The molecule has 0 aliphatic carbocycles. The van der Waals surface area contributed by atoms with Crippen LogP contribution in [0.25, 0.3) is 16.8 Å². The van der Waals surface area contributed by atoms with E-state index in [2.05, 4.69) is 0 Å². The smallest absolute Gasteiger partial charge is 0.270 e. The minimum atomic E-state index is -0.209. The molecule has 140 valence electrons. The number of halogens is 2. The van der Waals surface area contributed by atoms with Crippen molar-refractivity contribution < 1.29 is 9.53 Å². The van der Waals surface area contributed by atoms with E-state index in [0.717, 1.165) is 22.1 Å². The summed E-state index contributed by atoms with van der Waals surface area (Å²) < 4.78 is 5.87. The van der Waals surface area contributed by atoms with Crippen molar-refractivity contribution in [2.75, 3.05) is 12.0 Å². The number of nitrogens with zero attached hydrogens (tertiary/aromatic N) is 1. The van der Waals surface area contributed by atoms with E-state index in [9.17, 15) is 4.79 Å². The van der Waals surface area contributed by atoms with Gasteiger partial charge in [0.2, 0.25) is 0 Å². The molecule has 28 heavy (non-hydrogen) atoms. The van der Waals surface area contributed by atoms with Crippen LogP contribution in [0.2, 0.25) is 10.0 Å². The van der Waals surface area contributed by atoms with Crippen LogP contribution in [-0.2, 0) is 4.79 Å². The highest BCUT2D eigenvalue weighted by Gasteiger charge is 2.34. The number of ether oxygens (including phenoxy) is 1. The molecule has 1 aliphatic rings. The molecule has 0 atom stereocenters. The number of anilines is 1. The van der Waals surface area contributed by atoms with E-state index in [0.29, 0.717) is 25.0 Å². The first-order chi connectivity index (χ1) is 13.5. The molecule has 4 rings (SSSR count). The molecule has 0 bridgehead atoms. The topological polar surface area (TPSA) is 29.5 Å². The van der Waals surface area contributed by atoms with E-state index < -0.39 is 0 Å². The second kappa shape index (κ2) is 7.76. The summed E-state index contributed by atoms with van der Waals surface area (Å²) in [7, 11) is 1.64. The molecule has 0 N–H and O–H groups in total. The van der Waals surface area contributed by atoms with Crippen molar-refractivity contribution in [3.8, 4) is 5.75 Å². The number of thiocarbonyl (C=S) groups is 1. The van der Waals surface area contributed by atoms with Crippen molar-refractivity contribution in [3.63, 3.8) is 0 Å². The largest absolute Gasteiger partial charge is 0.496 e. The third-order valence-electron chi connectivity index (χ3n) is 4.37. The van der Waals surface area contributed by atoms with Gasteiger partial charge in [-0.25, -0.2) is 0 Å². The lowest BCUT2D eigenvalue weighted by Gasteiger charge is -2.16. The number of benzene rings is 3. The van der Waals surface area contributed by atoms with Gasteiger partial charge in [0.25, 0.3) is 5.91 Å². The molecule has 3 nitrogen and oxygen atoms in total. The molecule has 0 spiro atoms. The minimum Gasteiger partial charge on any atom is -0.496 e. The van der Waals surface area contributed by atoms with Crippen LogP contribution in [0.1, 0.15) is 5.56 Å². The number of methoxy groups -OCH3 is 1. The fourth-order valence-corrected chi connectivity index (χ4v) is 4.85. The number of amides is 1. The van der Waals surface area contributed by atoms with Crippen LogP contribution >= 0.6 is 47.2 Å². The van der Waals surface area contributed by atoms with Gasteiger partial charge in [0, 0.05) is 10.4 Å². The van der Waals surface area contributed by atoms with Gasteiger partial charge >= 0.3 is 0 Å². The number of rotatable bonds is 3. The second-order valence-electron chi connectivity index (χ2n) is 6.02. The lowest BCUT2D eigenvalue weighted by Crippen LogP contribution is -2.27. The zero-order valence-electron chi connectivity index (χ0n) is 14.6. The Bertz CT molecular complexity index is 1160. The fraction of sp³-hybridized carbons (Fsp3) is 0.0476. The fourth-order valence-electron chi connectivity index (χ4n) is 3.08. The second-order valence-corrected chi connectivity index (χ2v) is 8.53. The Hall–Kier alpha value is -2.05. The third kappa shape index (κ3) is 3.40. The van der Waals surface area contributed by atoms with E-state index in [1.807, 2.05) is 42.5 Å². The quantitative estimate of drug-likeness (QED) is 0.337. The normalized spacial score (nSPS) is 15.7. The van der Waals surface area contributed by atoms with Crippen molar-refractivity contribution in [1.29, 1.82) is 0 Å². The molecule has 1 saturated heterocycles. The van der Waals surface area contributed by atoms with Crippen LogP contribution in [0.15, 0.2) is 59.5 Å². The summed E-state index contributed by atoms with van der Waals surface area (Å²) in [5.74, 6) is 0.576. The molecule has 1 fully saturated rings. The summed E-state index contributed by atoms with van der Waals surface area (Å²) in [5.41, 5.74) is 1.44. The molecule has 3 aromatic rings. The third-order valence-corrected chi connectivity index (χ3v) is 6.21. The summed E-state index contributed by atoms with van der Waals surface area (Å²) >= 11 is 18.9. The first-order valence-corrected chi connectivity index (χ1v) is 10.3. The molecule has 1 heterocycles. The average molecular weight is 446 g/mol. The van der Waals surface area contributed by atoms with Crippen LogP contribution in [0, 0.1) is 0 Å². The Morgan fingerprint density at radius 3 is 2.54 bits per heavy atom. The molecular weight excluding hydrogens is 433 g/mol. The summed E-state index contributed by atoms with van der Waals surface area (Å²) in [6.07, 6.45) is 1.85. The number of thioether (sulfide) groups is 1. The molecule has 0 radical (unpaired) electrons. The van der Waals surface area contributed by atoms with Crippen molar-refractivity contribution in [2.24, 2.45) is 0 Å². The highest BCUT2D eigenvalue weighted by atomic mass is 35.5. The maximum atomic E-state index is 13.1. The van der Waals surface area contributed by atoms with Crippen molar-refractivity contribution in [1.82, 2.24) is 0 Å². The molecule has 1 amide bonds. The number of hydrogen-bond donors (Lipinski definition) is 0. The van der Waals surface area contributed by atoms with Crippen LogP contribution in [-0.4, -0.2) is 17.3 Å². The van der Waals surface area contributed by atoms with Crippen molar-refractivity contribution in [2.45, 2.75) is 0 Å². The van der Waals surface area contributed by atoms with Crippen LogP contribution in [0.3, 0.4) is 0 Å². The Kier molecular flexibility index (Phi) is 5.34. The van der Waals surface area contributed by atoms with Gasteiger partial charge in [-0.3, -0.25) is 9.69 Å². The lowest BCUT2D eigenvalue weighted by molar-refractivity contribution is -0.113. The Morgan fingerprint density at radius 2 is 1.82 bits per heavy atom. The molecule has 7 heteroatoms. The zero-order valence-corrected chi connectivity index (χ0v) is 17.8. The van der Waals surface area contributed by atoms with Gasteiger partial charge < -0.3 is 4.74 Å².